The predicted octanol–water partition coefficient (Wildman–Crippen LogP) is 3.79. The van der Waals surface area contributed by atoms with E-state index in [0.717, 1.165) is 24.0 Å². The van der Waals surface area contributed by atoms with Crippen molar-refractivity contribution in [2.75, 3.05) is 7.05 Å². The molecule has 1 heterocycles. The Morgan fingerprint density at radius 3 is 2.48 bits per heavy atom. The fraction of sp³-hybridized carbons (Fsp3) is 0.455. The lowest BCUT2D eigenvalue weighted by atomic mass is 9.92. The molecule has 2 amide bonds. The zero-order valence-corrected chi connectivity index (χ0v) is 17.7. The highest BCUT2D eigenvalue weighted by Gasteiger charge is 2.28. The standard InChI is InChI=1S/C22H27ClN2O4/c1-12-4-5-14(10-18(12)23)13(2)20-17(11-19(29-20)22(28)24-3)21(27)25-15-6-8-16(26)9-7-15/h4-5,10-11,13,15-16,26H,6-9H2,1-3H3,(H,24,28)(H,25,27). The number of carbonyl (C=O) groups excluding carboxylic acids is 2. The van der Waals surface area contributed by atoms with E-state index in [9.17, 15) is 14.7 Å². The number of benzene rings is 1. The summed E-state index contributed by atoms with van der Waals surface area (Å²) in [6.45, 7) is 3.84. The van der Waals surface area contributed by atoms with Gasteiger partial charge in [0.1, 0.15) is 5.76 Å². The average Bonchev–Trinajstić information content (AvgIpc) is 3.16. The zero-order valence-electron chi connectivity index (χ0n) is 16.9. The summed E-state index contributed by atoms with van der Waals surface area (Å²) in [4.78, 5) is 25.1. The average molecular weight is 419 g/mol. The molecule has 1 aliphatic carbocycles. The third-order valence-corrected chi connectivity index (χ3v) is 5.98. The Bertz CT molecular complexity index is 900. The summed E-state index contributed by atoms with van der Waals surface area (Å²) in [5.74, 6) is -0.403. The monoisotopic (exact) mass is 418 g/mol. The highest BCUT2D eigenvalue weighted by atomic mass is 35.5. The van der Waals surface area contributed by atoms with E-state index in [0.29, 0.717) is 29.2 Å². The first-order chi connectivity index (χ1) is 13.8. The SMILES string of the molecule is CNC(=O)c1cc(C(=O)NC2CCC(O)CC2)c(C(C)c2ccc(C)c(Cl)c2)o1. The molecule has 3 rings (SSSR count). The molecule has 1 saturated carbocycles. The van der Waals surface area contributed by atoms with Crippen molar-refractivity contribution in [3.05, 3.63) is 57.5 Å². The van der Waals surface area contributed by atoms with Gasteiger partial charge in [-0.05, 0) is 49.8 Å². The van der Waals surface area contributed by atoms with Gasteiger partial charge in [0.15, 0.2) is 5.76 Å². The number of carbonyl (C=O) groups is 2. The third-order valence-electron chi connectivity index (χ3n) is 5.58. The maximum atomic E-state index is 13.0. The Labute approximate surface area is 175 Å². The number of halogens is 1. The lowest BCUT2D eigenvalue weighted by Gasteiger charge is -2.26. The van der Waals surface area contributed by atoms with E-state index in [4.69, 9.17) is 16.0 Å². The van der Waals surface area contributed by atoms with Gasteiger partial charge in [0.2, 0.25) is 0 Å². The summed E-state index contributed by atoms with van der Waals surface area (Å²) >= 11 is 6.27. The quantitative estimate of drug-likeness (QED) is 0.688. The lowest BCUT2D eigenvalue weighted by Crippen LogP contribution is -2.38. The maximum absolute atomic E-state index is 13.0. The topological polar surface area (TPSA) is 91.6 Å². The van der Waals surface area contributed by atoms with Crippen molar-refractivity contribution < 1.29 is 19.1 Å². The van der Waals surface area contributed by atoms with Gasteiger partial charge >= 0.3 is 0 Å². The molecule has 0 spiro atoms. The molecule has 1 aliphatic rings. The second-order valence-corrected chi connectivity index (χ2v) is 8.08. The van der Waals surface area contributed by atoms with Crippen LogP contribution in [0.25, 0.3) is 0 Å². The molecule has 1 aromatic carbocycles. The number of nitrogens with one attached hydrogen (secondary N) is 2. The molecule has 0 bridgehead atoms. The summed E-state index contributed by atoms with van der Waals surface area (Å²) in [5, 5.41) is 15.9. The van der Waals surface area contributed by atoms with Crippen LogP contribution in [0.2, 0.25) is 5.02 Å². The first-order valence-electron chi connectivity index (χ1n) is 9.91. The van der Waals surface area contributed by atoms with Crippen molar-refractivity contribution in [3.8, 4) is 0 Å². The summed E-state index contributed by atoms with van der Waals surface area (Å²) in [6.07, 6.45) is 2.51. The number of amides is 2. The molecule has 29 heavy (non-hydrogen) atoms. The molecule has 0 radical (unpaired) electrons. The number of aliphatic hydroxyl groups excluding tert-OH is 1. The molecule has 1 fully saturated rings. The minimum absolute atomic E-state index is 0.00114. The number of rotatable bonds is 5. The molecule has 1 unspecified atom stereocenters. The van der Waals surface area contributed by atoms with E-state index in [1.54, 1.807) is 0 Å². The first-order valence-corrected chi connectivity index (χ1v) is 10.3. The third kappa shape index (κ3) is 4.82. The fourth-order valence-electron chi connectivity index (χ4n) is 3.65. The minimum atomic E-state index is -0.389. The van der Waals surface area contributed by atoms with E-state index < -0.39 is 0 Å². The van der Waals surface area contributed by atoms with E-state index >= 15 is 0 Å². The summed E-state index contributed by atoms with van der Waals surface area (Å²) in [5.41, 5.74) is 2.21. The highest BCUT2D eigenvalue weighted by molar-refractivity contribution is 6.31. The van der Waals surface area contributed by atoms with Crippen LogP contribution in [0.4, 0.5) is 0 Å². The molecule has 6 nitrogen and oxygen atoms in total. The van der Waals surface area contributed by atoms with E-state index in [2.05, 4.69) is 10.6 Å². The Morgan fingerprint density at radius 1 is 1.17 bits per heavy atom. The number of aliphatic hydroxyl groups is 1. The molecule has 1 aromatic heterocycles. The van der Waals surface area contributed by atoms with Gasteiger partial charge in [-0.1, -0.05) is 30.7 Å². The lowest BCUT2D eigenvalue weighted by molar-refractivity contribution is 0.0864. The highest BCUT2D eigenvalue weighted by Crippen LogP contribution is 2.32. The maximum Gasteiger partial charge on any atom is 0.286 e. The van der Waals surface area contributed by atoms with Gasteiger partial charge in [-0.15, -0.1) is 0 Å². The first kappa shape index (κ1) is 21.4. The van der Waals surface area contributed by atoms with Crippen LogP contribution < -0.4 is 10.6 Å². The van der Waals surface area contributed by atoms with Crippen LogP contribution in [0, 0.1) is 6.92 Å². The van der Waals surface area contributed by atoms with Crippen molar-refractivity contribution in [2.24, 2.45) is 0 Å². The molecule has 2 aromatic rings. The Morgan fingerprint density at radius 2 is 1.86 bits per heavy atom. The van der Waals surface area contributed by atoms with Crippen molar-refractivity contribution in [3.63, 3.8) is 0 Å². The van der Waals surface area contributed by atoms with Gasteiger partial charge in [0, 0.05) is 30.1 Å². The van der Waals surface area contributed by atoms with Crippen molar-refractivity contribution in [1.29, 1.82) is 0 Å². The predicted molar refractivity (Wildman–Crippen MR) is 112 cm³/mol. The second-order valence-electron chi connectivity index (χ2n) is 7.68. The molecule has 156 valence electrons. The summed E-state index contributed by atoms with van der Waals surface area (Å²) in [7, 11) is 1.51. The Hall–Kier alpha value is -2.31. The molecular formula is C22H27ClN2O4. The molecule has 1 atom stereocenters. The normalized spacial score (nSPS) is 20.2. The van der Waals surface area contributed by atoms with E-state index in [-0.39, 0.29) is 35.6 Å². The fourth-order valence-corrected chi connectivity index (χ4v) is 3.84. The van der Waals surface area contributed by atoms with Crippen LogP contribution >= 0.6 is 11.6 Å². The number of aryl methyl sites for hydroxylation is 1. The van der Waals surface area contributed by atoms with Crippen molar-refractivity contribution >= 4 is 23.4 Å². The van der Waals surface area contributed by atoms with Crippen LogP contribution in [0.15, 0.2) is 28.7 Å². The van der Waals surface area contributed by atoms with Gasteiger partial charge in [-0.25, -0.2) is 0 Å². The number of hydrogen-bond acceptors (Lipinski definition) is 4. The Kier molecular flexibility index (Phi) is 6.65. The zero-order chi connectivity index (χ0) is 21.1. The number of hydrogen-bond donors (Lipinski definition) is 3. The smallest absolute Gasteiger partial charge is 0.286 e. The largest absolute Gasteiger partial charge is 0.454 e. The van der Waals surface area contributed by atoms with Gasteiger partial charge in [0.25, 0.3) is 11.8 Å². The molecule has 7 heteroatoms. The van der Waals surface area contributed by atoms with Crippen molar-refractivity contribution in [1.82, 2.24) is 10.6 Å². The summed E-state index contributed by atoms with van der Waals surface area (Å²) < 4.78 is 5.83. The van der Waals surface area contributed by atoms with Gasteiger partial charge in [0.05, 0.1) is 11.7 Å². The second kappa shape index (κ2) is 9.01. The van der Waals surface area contributed by atoms with Gasteiger partial charge in [-0.2, -0.15) is 0 Å². The van der Waals surface area contributed by atoms with E-state index in [1.165, 1.54) is 13.1 Å². The molecule has 0 aliphatic heterocycles. The Balaban J connectivity index is 1.90. The minimum Gasteiger partial charge on any atom is -0.454 e. The van der Waals surface area contributed by atoms with Gasteiger partial charge in [-0.3, -0.25) is 9.59 Å². The van der Waals surface area contributed by atoms with Gasteiger partial charge < -0.3 is 20.2 Å². The summed E-state index contributed by atoms with van der Waals surface area (Å²) in [6, 6.07) is 7.21. The van der Waals surface area contributed by atoms with Crippen LogP contribution in [0.5, 0.6) is 0 Å². The van der Waals surface area contributed by atoms with E-state index in [1.807, 2.05) is 32.0 Å². The molecule has 0 saturated heterocycles. The molecular weight excluding hydrogens is 392 g/mol. The van der Waals surface area contributed by atoms with Crippen molar-refractivity contribution in [2.45, 2.75) is 57.6 Å². The molecule has 3 N–H and O–H groups in total. The van der Waals surface area contributed by atoms with Crippen LogP contribution in [-0.4, -0.2) is 36.1 Å². The van der Waals surface area contributed by atoms with Crippen LogP contribution in [0.1, 0.15) is 76.3 Å². The van der Waals surface area contributed by atoms with Crippen LogP contribution in [-0.2, 0) is 0 Å². The van der Waals surface area contributed by atoms with Crippen LogP contribution in [0.3, 0.4) is 0 Å². The number of furan rings is 1.